The van der Waals surface area contributed by atoms with E-state index in [0.717, 1.165) is 13.1 Å². The van der Waals surface area contributed by atoms with Crippen molar-refractivity contribution in [1.82, 2.24) is 10.2 Å². The number of imide groups is 1. The summed E-state index contributed by atoms with van der Waals surface area (Å²) >= 11 is 0. The molecule has 4 nitrogen and oxygen atoms in total. The van der Waals surface area contributed by atoms with Crippen molar-refractivity contribution in [1.29, 1.82) is 0 Å². The van der Waals surface area contributed by atoms with Gasteiger partial charge < -0.3 is 0 Å². The largest absolute Gasteiger partial charge is 0.295 e. The maximum Gasteiger partial charge on any atom is 0.243 e. The maximum atomic E-state index is 11.9. The first-order valence-corrected chi connectivity index (χ1v) is 6.30. The van der Waals surface area contributed by atoms with Crippen molar-refractivity contribution in [2.75, 3.05) is 0 Å². The van der Waals surface area contributed by atoms with Gasteiger partial charge in [0.1, 0.15) is 0 Å². The van der Waals surface area contributed by atoms with E-state index < -0.39 is 0 Å². The Morgan fingerprint density at radius 2 is 2.11 bits per heavy atom. The average molecular weight is 244 g/mol. The summed E-state index contributed by atoms with van der Waals surface area (Å²) in [6.07, 6.45) is 1.08. The van der Waals surface area contributed by atoms with Gasteiger partial charge in [0.2, 0.25) is 11.8 Å². The molecule has 4 heteroatoms. The van der Waals surface area contributed by atoms with Gasteiger partial charge in [0, 0.05) is 19.5 Å². The number of aryl methyl sites for hydroxylation is 1. The summed E-state index contributed by atoms with van der Waals surface area (Å²) in [6, 6.07) is 6.12. The van der Waals surface area contributed by atoms with E-state index in [1.807, 2.05) is 0 Å². The molecule has 2 heterocycles. The molecule has 0 bridgehead atoms. The highest BCUT2D eigenvalue weighted by Crippen LogP contribution is 2.29. The van der Waals surface area contributed by atoms with Crippen molar-refractivity contribution >= 4 is 11.8 Å². The van der Waals surface area contributed by atoms with Gasteiger partial charge in [-0.1, -0.05) is 18.2 Å². The number of fused-ring (bicyclic) bond motifs is 1. The number of piperidine rings is 1. The summed E-state index contributed by atoms with van der Waals surface area (Å²) in [5.41, 5.74) is 3.92. The standard InChI is InChI=1S/C14H16N2O2/c1-9-3-2-4-10-7-16(8-11(9)10)12-5-6-13(17)15-14(12)18/h2-4,12H,5-8H2,1H3,(H,15,17,18). The van der Waals surface area contributed by atoms with Crippen LogP contribution in [0.15, 0.2) is 18.2 Å². The lowest BCUT2D eigenvalue weighted by Crippen LogP contribution is -2.50. The van der Waals surface area contributed by atoms with Crippen LogP contribution in [0.3, 0.4) is 0 Å². The molecule has 0 spiro atoms. The van der Waals surface area contributed by atoms with E-state index in [9.17, 15) is 9.59 Å². The number of carbonyl (C=O) groups excluding carboxylic acids is 2. The molecule has 0 saturated carbocycles. The van der Waals surface area contributed by atoms with Crippen molar-refractivity contribution in [2.24, 2.45) is 0 Å². The predicted molar refractivity (Wildman–Crippen MR) is 66.6 cm³/mol. The van der Waals surface area contributed by atoms with Crippen molar-refractivity contribution in [3.05, 3.63) is 34.9 Å². The fourth-order valence-electron chi connectivity index (χ4n) is 2.87. The number of benzene rings is 1. The number of hydrogen-bond donors (Lipinski definition) is 1. The number of hydrogen-bond acceptors (Lipinski definition) is 3. The third-order valence-electron chi connectivity index (χ3n) is 3.89. The Kier molecular flexibility index (Phi) is 2.67. The smallest absolute Gasteiger partial charge is 0.243 e. The summed E-state index contributed by atoms with van der Waals surface area (Å²) in [5.74, 6) is -0.291. The van der Waals surface area contributed by atoms with Crippen LogP contribution in [0.1, 0.15) is 29.5 Å². The van der Waals surface area contributed by atoms with E-state index in [2.05, 4.69) is 35.3 Å². The van der Waals surface area contributed by atoms with Gasteiger partial charge in [-0.05, 0) is 30.0 Å². The minimum atomic E-state index is -0.158. The molecule has 2 aliphatic heterocycles. The molecule has 2 amide bonds. The van der Waals surface area contributed by atoms with Crippen molar-refractivity contribution in [3.8, 4) is 0 Å². The van der Waals surface area contributed by atoms with E-state index in [1.54, 1.807) is 0 Å². The summed E-state index contributed by atoms with van der Waals surface area (Å²) in [5, 5.41) is 2.43. The number of rotatable bonds is 1. The summed E-state index contributed by atoms with van der Waals surface area (Å²) in [4.78, 5) is 25.2. The predicted octanol–water partition coefficient (Wildman–Crippen LogP) is 1.12. The Labute approximate surface area is 106 Å². The first-order valence-electron chi connectivity index (χ1n) is 6.30. The van der Waals surface area contributed by atoms with Crippen LogP contribution in [0.5, 0.6) is 0 Å². The van der Waals surface area contributed by atoms with Crippen molar-refractivity contribution < 1.29 is 9.59 Å². The lowest BCUT2D eigenvalue weighted by molar-refractivity contribution is -0.137. The molecule has 0 aromatic heterocycles. The molecule has 1 unspecified atom stereocenters. The van der Waals surface area contributed by atoms with E-state index >= 15 is 0 Å². The van der Waals surface area contributed by atoms with E-state index in [4.69, 9.17) is 0 Å². The molecule has 1 saturated heterocycles. The lowest BCUT2D eigenvalue weighted by atomic mass is 10.0. The summed E-state index contributed by atoms with van der Waals surface area (Å²) in [7, 11) is 0. The first kappa shape index (κ1) is 11.4. The topological polar surface area (TPSA) is 49.4 Å². The molecule has 1 N–H and O–H groups in total. The molecule has 1 fully saturated rings. The molecule has 1 atom stereocenters. The molecular formula is C14H16N2O2. The number of amides is 2. The van der Waals surface area contributed by atoms with Gasteiger partial charge in [-0.3, -0.25) is 19.8 Å². The van der Waals surface area contributed by atoms with Gasteiger partial charge in [-0.15, -0.1) is 0 Å². The minimum absolute atomic E-state index is 0.142. The van der Waals surface area contributed by atoms with Gasteiger partial charge in [-0.25, -0.2) is 0 Å². The number of nitrogens with zero attached hydrogens (tertiary/aromatic N) is 1. The fourth-order valence-corrected chi connectivity index (χ4v) is 2.87. The second-order valence-corrected chi connectivity index (χ2v) is 5.08. The number of carbonyl (C=O) groups is 2. The van der Waals surface area contributed by atoms with Crippen LogP contribution in [0.2, 0.25) is 0 Å². The van der Waals surface area contributed by atoms with Crippen LogP contribution in [0.4, 0.5) is 0 Å². The third kappa shape index (κ3) is 1.82. The van der Waals surface area contributed by atoms with Crippen LogP contribution < -0.4 is 5.32 Å². The zero-order valence-electron chi connectivity index (χ0n) is 10.4. The first-order chi connectivity index (χ1) is 8.65. The maximum absolute atomic E-state index is 11.9. The Hall–Kier alpha value is -1.68. The Morgan fingerprint density at radius 3 is 2.83 bits per heavy atom. The molecule has 94 valence electrons. The highest BCUT2D eigenvalue weighted by Gasteiger charge is 2.34. The molecule has 0 aliphatic carbocycles. The number of nitrogens with one attached hydrogen (secondary N) is 1. The van der Waals surface area contributed by atoms with Crippen LogP contribution in [-0.4, -0.2) is 22.8 Å². The molecule has 1 aromatic carbocycles. The molecule has 2 aliphatic rings. The molecular weight excluding hydrogens is 228 g/mol. The van der Waals surface area contributed by atoms with Crippen molar-refractivity contribution in [3.63, 3.8) is 0 Å². The second-order valence-electron chi connectivity index (χ2n) is 5.08. The Morgan fingerprint density at radius 1 is 1.28 bits per heavy atom. The lowest BCUT2D eigenvalue weighted by Gasteiger charge is -2.29. The van der Waals surface area contributed by atoms with Gasteiger partial charge in [0.05, 0.1) is 6.04 Å². The molecule has 18 heavy (non-hydrogen) atoms. The van der Waals surface area contributed by atoms with Crippen LogP contribution in [0.25, 0.3) is 0 Å². The van der Waals surface area contributed by atoms with Crippen LogP contribution >= 0.6 is 0 Å². The quantitative estimate of drug-likeness (QED) is 0.753. The monoisotopic (exact) mass is 244 g/mol. The van der Waals surface area contributed by atoms with Crippen LogP contribution in [-0.2, 0) is 22.7 Å². The van der Waals surface area contributed by atoms with Crippen molar-refractivity contribution in [2.45, 2.75) is 38.9 Å². The van der Waals surface area contributed by atoms with E-state index in [-0.39, 0.29) is 17.9 Å². The second kappa shape index (κ2) is 4.21. The van der Waals surface area contributed by atoms with Gasteiger partial charge in [0.15, 0.2) is 0 Å². The molecule has 3 rings (SSSR count). The van der Waals surface area contributed by atoms with Gasteiger partial charge in [-0.2, -0.15) is 0 Å². The van der Waals surface area contributed by atoms with E-state index in [0.29, 0.717) is 12.8 Å². The van der Waals surface area contributed by atoms with Gasteiger partial charge >= 0.3 is 0 Å². The Bertz CT molecular complexity index is 525. The highest BCUT2D eigenvalue weighted by molar-refractivity contribution is 6.00. The summed E-state index contributed by atoms with van der Waals surface area (Å²) < 4.78 is 0. The zero-order chi connectivity index (χ0) is 12.7. The molecule has 1 aromatic rings. The summed E-state index contributed by atoms with van der Waals surface area (Å²) in [6.45, 7) is 3.73. The average Bonchev–Trinajstić information content (AvgIpc) is 2.74. The zero-order valence-corrected chi connectivity index (χ0v) is 10.4. The van der Waals surface area contributed by atoms with Gasteiger partial charge in [0.25, 0.3) is 0 Å². The van der Waals surface area contributed by atoms with E-state index in [1.165, 1.54) is 16.7 Å². The Balaban J connectivity index is 1.80. The fraction of sp³-hybridized carbons (Fsp3) is 0.429. The molecule has 0 radical (unpaired) electrons. The normalized spacial score (nSPS) is 23.9. The third-order valence-corrected chi connectivity index (χ3v) is 3.89. The minimum Gasteiger partial charge on any atom is -0.295 e. The van der Waals surface area contributed by atoms with Crippen LogP contribution in [0, 0.1) is 6.92 Å². The highest BCUT2D eigenvalue weighted by atomic mass is 16.2. The SMILES string of the molecule is Cc1cccc2c1CN(C1CCC(=O)NC1=O)C2.